The van der Waals surface area contributed by atoms with E-state index in [2.05, 4.69) is 39.0 Å². The minimum Gasteiger partial charge on any atom is -0.493 e. The minimum atomic E-state index is 0.641. The van der Waals surface area contributed by atoms with E-state index in [0.29, 0.717) is 5.92 Å². The van der Waals surface area contributed by atoms with Gasteiger partial charge in [-0.2, -0.15) is 0 Å². The lowest BCUT2D eigenvalue weighted by Crippen LogP contribution is -2.05. The second-order valence-electron chi connectivity index (χ2n) is 4.49. The molecule has 0 bridgehead atoms. The van der Waals surface area contributed by atoms with E-state index in [1.807, 2.05) is 0 Å². The largest absolute Gasteiger partial charge is 0.493 e. The maximum Gasteiger partial charge on any atom is 0.122 e. The first kappa shape index (κ1) is 13.4. The molecule has 16 heavy (non-hydrogen) atoms. The Morgan fingerprint density at radius 2 is 2.00 bits per heavy atom. The Labute approximate surface area is 104 Å². The summed E-state index contributed by atoms with van der Waals surface area (Å²) < 4.78 is 5.79. The molecular formula is C14H21ClO. The van der Waals surface area contributed by atoms with Crippen molar-refractivity contribution in [2.24, 2.45) is 5.92 Å². The van der Waals surface area contributed by atoms with E-state index in [-0.39, 0.29) is 0 Å². The zero-order valence-electron chi connectivity index (χ0n) is 10.4. The first-order chi connectivity index (χ1) is 7.63. The second-order valence-corrected chi connectivity index (χ2v) is 4.87. The lowest BCUT2D eigenvalue weighted by Gasteiger charge is -2.12. The van der Waals surface area contributed by atoms with Gasteiger partial charge < -0.3 is 4.74 Å². The summed E-state index contributed by atoms with van der Waals surface area (Å²) in [7, 11) is 0. The maximum absolute atomic E-state index is 5.79. The van der Waals surface area contributed by atoms with Crippen molar-refractivity contribution in [3.8, 4) is 5.75 Å². The van der Waals surface area contributed by atoms with Crippen LogP contribution in [0.1, 0.15) is 30.9 Å². The van der Waals surface area contributed by atoms with Gasteiger partial charge in [-0.15, -0.1) is 11.6 Å². The Kier molecular flexibility index (Phi) is 5.68. The van der Waals surface area contributed by atoms with Crippen LogP contribution in [0.15, 0.2) is 18.2 Å². The molecule has 1 unspecified atom stereocenters. The van der Waals surface area contributed by atoms with Crippen LogP contribution in [0.5, 0.6) is 5.75 Å². The van der Waals surface area contributed by atoms with Gasteiger partial charge in [-0.1, -0.05) is 19.1 Å². The summed E-state index contributed by atoms with van der Waals surface area (Å²) in [5, 5.41) is 0. The monoisotopic (exact) mass is 240 g/mol. The SMILES string of the molecule is Cc1ccc(C)c(OCCC(C)CCCl)c1. The average Bonchev–Trinajstić information content (AvgIpc) is 2.23. The van der Waals surface area contributed by atoms with Crippen molar-refractivity contribution >= 4 is 11.6 Å². The van der Waals surface area contributed by atoms with Gasteiger partial charge in [0.1, 0.15) is 5.75 Å². The molecule has 0 aromatic heterocycles. The van der Waals surface area contributed by atoms with E-state index >= 15 is 0 Å². The highest BCUT2D eigenvalue weighted by molar-refractivity contribution is 6.17. The molecule has 0 radical (unpaired) electrons. The Morgan fingerprint density at radius 1 is 1.25 bits per heavy atom. The molecule has 0 amide bonds. The highest BCUT2D eigenvalue weighted by Crippen LogP contribution is 2.20. The van der Waals surface area contributed by atoms with Crippen LogP contribution in [0.25, 0.3) is 0 Å². The molecule has 1 atom stereocenters. The van der Waals surface area contributed by atoms with Crippen molar-refractivity contribution < 1.29 is 4.74 Å². The van der Waals surface area contributed by atoms with Crippen LogP contribution in [0.2, 0.25) is 0 Å². The van der Waals surface area contributed by atoms with Crippen LogP contribution in [-0.4, -0.2) is 12.5 Å². The molecule has 0 N–H and O–H groups in total. The van der Waals surface area contributed by atoms with E-state index in [0.717, 1.165) is 31.1 Å². The number of aryl methyl sites for hydroxylation is 2. The number of halogens is 1. The van der Waals surface area contributed by atoms with Crippen molar-refractivity contribution in [1.82, 2.24) is 0 Å². The van der Waals surface area contributed by atoms with Gasteiger partial charge in [-0.25, -0.2) is 0 Å². The lowest BCUT2D eigenvalue weighted by molar-refractivity contribution is 0.280. The Bertz CT molecular complexity index is 323. The first-order valence-electron chi connectivity index (χ1n) is 5.89. The normalized spacial score (nSPS) is 12.5. The van der Waals surface area contributed by atoms with Gasteiger partial charge in [0.25, 0.3) is 0 Å². The Balaban J connectivity index is 2.39. The third-order valence-electron chi connectivity index (χ3n) is 2.81. The summed E-state index contributed by atoms with van der Waals surface area (Å²) in [6.07, 6.45) is 2.14. The highest BCUT2D eigenvalue weighted by atomic mass is 35.5. The third kappa shape index (κ3) is 4.44. The maximum atomic E-state index is 5.79. The van der Waals surface area contributed by atoms with Crippen LogP contribution in [-0.2, 0) is 0 Å². The highest BCUT2D eigenvalue weighted by Gasteiger charge is 2.03. The van der Waals surface area contributed by atoms with Crippen molar-refractivity contribution in [2.45, 2.75) is 33.6 Å². The van der Waals surface area contributed by atoms with E-state index in [9.17, 15) is 0 Å². The van der Waals surface area contributed by atoms with E-state index < -0.39 is 0 Å². The number of hydrogen-bond acceptors (Lipinski definition) is 1. The molecule has 0 saturated carbocycles. The summed E-state index contributed by atoms with van der Waals surface area (Å²) in [6.45, 7) is 7.16. The average molecular weight is 241 g/mol. The summed E-state index contributed by atoms with van der Waals surface area (Å²) >= 11 is 5.70. The summed E-state index contributed by atoms with van der Waals surface area (Å²) in [5.74, 6) is 2.39. The molecule has 0 aliphatic rings. The van der Waals surface area contributed by atoms with Crippen molar-refractivity contribution in [3.63, 3.8) is 0 Å². The number of hydrogen-bond donors (Lipinski definition) is 0. The molecule has 1 aromatic carbocycles. The van der Waals surface area contributed by atoms with Gasteiger partial charge in [-0.05, 0) is 49.8 Å². The van der Waals surface area contributed by atoms with E-state index in [4.69, 9.17) is 16.3 Å². The first-order valence-corrected chi connectivity index (χ1v) is 6.43. The zero-order chi connectivity index (χ0) is 12.0. The molecule has 0 aliphatic heterocycles. The molecule has 1 nitrogen and oxygen atoms in total. The van der Waals surface area contributed by atoms with E-state index in [1.165, 1.54) is 11.1 Å². The molecule has 1 rings (SSSR count). The third-order valence-corrected chi connectivity index (χ3v) is 3.03. The van der Waals surface area contributed by atoms with Gasteiger partial charge in [0.2, 0.25) is 0 Å². The lowest BCUT2D eigenvalue weighted by atomic mass is 10.1. The fourth-order valence-electron chi connectivity index (χ4n) is 1.56. The zero-order valence-corrected chi connectivity index (χ0v) is 11.2. The number of rotatable bonds is 6. The number of benzene rings is 1. The minimum absolute atomic E-state index is 0.641. The molecule has 0 fully saturated rings. The fourth-order valence-corrected chi connectivity index (χ4v) is 1.94. The van der Waals surface area contributed by atoms with Crippen LogP contribution < -0.4 is 4.74 Å². The van der Waals surface area contributed by atoms with Crippen LogP contribution in [0, 0.1) is 19.8 Å². The molecular weight excluding hydrogens is 220 g/mol. The van der Waals surface area contributed by atoms with E-state index in [1.54, 1.807) is 0 Å². The van der Waals surface area contributed by atoms with Crippen molar-refractivity contribution in [1.29, 1.82) is 0 Å². The van der Waals surface area contributed by atoms with Crippen LogP contribution >= 0.6 is 11.6 Å². The summed E-state index contributed by atoms with van der Waals surface area (Å²) in [6, 6.07) is 6.31. The van der Waals surface area contributed by atoms with Crippen LogP contribution in [0.4, 0.5) is 0 Å². The van der Waals surface area contributed by atoms with Crippen molar-refractivity contribution in [3.05, 3.63) is 29.3 Å². The topological polar surface area (TPSA) is 9.23 Å². The van der Waals surface area contributed by atoms with Crippen LogP contribution in [0.3, 0.4) is 0 Å². The Morgan fingerprint density at radius 3 is 2.69 bits per heavy atom. The summed E-state index contributed by atoms with van der Waals surface area (Å²) in [5.41, 5.74) is 2.45. The summed E-state index contributed by atoms with van der Waals surface area (Å²) in [4.78, 5) is 0. The number of ether oxygens (including phenoxy) is 1. The van der Waals surface area contributed by atoms with Gasteiger partial charge in [0, 0.05) is 5.88 Å². The van der Waals surface area contributed by atoms with Crippen molar-refractivity contribution in [2.75, 3.05) is 12.5 Å². The fraction of sp³-hybridized carbons (Fsp3) is 0.571. The van der Waals surface area contributed by atoms with Gasteiger partial charge in [0.15, 0.2) is 0 Å². The Hall–Kier alpha value is -0.690. The smallest absolute Gasteiger partial charge is 0.122 e. The van der Waals surface area contributed by atoms with Gasteiger partial charge in [-0.3, -0.25) is 0 Å². The van der Waals surface area contributed by atoms with Gasteiger partial charge >= 0.3 is 0 Å². The quantitative estimate of drug-likeness (QED) is 0.673. The standard InChI is InChI=1S/C14H21ClO/c1-11(6-8-15)7-9-16-14-10-12(2)4-5-13(14)3/h4-5,10-11H,6-9H2,1-3H3. The molecule has 1 aromatic rings. The second kappa shape index (κ2) is 6.80. The number of alkyl halides is 1. The molecule has 0 aliphatic carbocycles. The molecule has 0 spiro atoms. The molecule has 90 valence electrons. The molecule has 0 saturated heterocycles. The molecule has 2 heteroatoms. The van der Waals surface area contributed by atoms with Gasteiger partial charge in [0.05, 0.1) is 6.61 Å². The molecule has 0 heterocycles. The predicted octanol–water partition coefficient (Wildman–Crippen LogP) is 4.34. The predicted molar refractivity (Wildman–Crippen MR) is 70.5 cm³/mol.